The van der Waals surface area contributed by atoms with Crippen LogP contribution in [-0.2, 0) is 11.2 Å². The Morgan fingerprint density at radius 2 is 2.21 bits per heavy atom. The quantitative estimate of drug-likeness (QED) is 0.510. The summed E-state index contributed by atoms with van der Waals surface area (Å²) in [6.07, 6.45) is 4.44. The minimum Gasteiger partial charge on any atom is -0.443 e. The third-order valence-corrected chi connectivity index (χ3v) is 2.44. The molecule has 0 bridgehead atoms. The molecule has 0 aliphatic heterocycles. The lowest BCUT2D eigenvalue weighted by atomic mass is 9.96. The van der Waals surface area contributed by atoms with Gasteiger partial charge in [-0.05, 0) is 19.9 Å². The predicted molar refractivity (Wildman–Crippen MR) is 69.5 cm³/mol. The van der Waals surface area contributed by atoms with Crippen molar-refractivity contribution in [2.45, 2.75) is 25.9 Å². The Kier molecular flexibility index (Phi) is 4.12. The van der Waals surface area contributed by atoms with Gasteiger partial charge < -0.3 is 10.5 Å². The molecule has 0 spiro atoms. The van der Waals surface area contributed by atoms with Gasteiger partial charge in [-0.15, -0.1) is 6.42 Å². The van der Waals surface area contributed by atoms with Crippen LogP contribution in [0.1, 0.15) is 25.0 Å². The molecule has 1 rings (SSSR count). The average molecular weight is 262 g/mol. The van der Waals surface area contributed by atoms with Crippen LogP contribution in [0.5, 0.6) is 0 Å². The molecule has 0 heterocycles. The van der Waals surface area contributed by atoms with Gasteiger partial charge in [-0.1, -0.05) is 12.0 Å². The van der Waals surface area contributed by atoms with Gasteiger partial charge in [0.05, 0.1) is 4.92 Å². The molecule has 6 nitrogen and oxygen atoms in total. The summed E-state index contributed by atoms with van der Waals surface area (Å²) in [6.45, 7) is 3.24. The second kappa shape index (κ2) is 5.40. The highest BCUT2D eigenvalue weighted by molar-refractivity contribution is 5.65. The zero-order valence-corrected chi connectivity index (χ0v) is 10.7. The highest BCUT2D eigenvalue weighted by atomic mass is 16.6. The lowest BCUT2D eigenvalue weighted by Crippen LogP contribution is -2.33. The van der Waals surface area contributed by atoms with Gasteiger partial charge in [0.25, 0.3) is 5.69 Å². The van der Waals surface area contributed by atoms with Crippen LogP contribution in [0.4, 0.5) is 10.5 Å². The number of hydrogen-bond donors (Lipinski definition) is 1. The van der Waals surface area contributed by atoms with Crippen LogP contribution in [-0.4, -0.2) is 16.6 Å². The molecule has 0 saturated carbocycles. The van der Waals surface area contributed by atoms with Crippen molar-refractivity contribution in [2.75, 3.05) is 0 Å². The van der Waals surface area contributed by atoms with Gasteiger partial charge in [0.1, 0.15) is 5.60 Å². The van der Waals surface area contributed by atoms with Crippen molar-refractivity contribution in [3.8, 4) is 12.3 Å². The molecule has 1 aromatic carbocycles. The lowest BCUT2D eigenvalue weighted by molar-refractivity contribution is -0.385. The smallest absolute Gasteiger partial charge is 0.405 e. The van der Waals surface area contributed by atoms with Gasteiger partial charge in [-0.3, -0.25) is 10.1 Å². The molecule has 0 atom stereocenters. The standard InChI is InChI=1S/C13H14N2O4/c1-4-9-5-6-10(11(7-9)15(17)18)8-13(2,3)19-12(14)16/h1,5-7H,8H2,2-3H3,(H2,14,16). The van der Waals surface area contributed by atoms with Crippen LogP contribution >= 0.6 is 0 Å². The molecule has 0 fully saturated rings. The van der Waals surface area contributed by atoms with Crippen LogP contribution in [0.15, 0.2) is 18.2 Å². The van der Waals surface area contributed by atoms with E-state index in [1.165, 1.54) is 6.07 Å². The van der Waals surface area contributed by atoms with E-state index in [-0.39, 0.29) is 12.1 Å². The van der Waals surface area contributed by atoms with Crippen LogP contribution < -0.4 is 5.73 Å². The number of rotatable bonds is 4. The van der Waals surface area contributed by atoms with Gasteiger partial charge >= 0.3 is 6.09 Å². The molecule has 1 aromatic rings. The van der Waals surface area contributed by atoms with Crippen LogP contribution in [0.25, 0.3) is 0 Å². The van der Waals surface area contributed by atoms with Crippen molar-refractivity contribution in [1.82, 2.24) is 0 Å². The van der Waals surface area contributed by atoms with Gasteiger partial charge in [-0.25, -0.2) is 4.79 Å². The number of terminal acetylenes is 1. The summed E-state index contributed by atoms with van der Waals surface area (Å²) < 4.78 is 4.91. The molecular weight excluding hydrogens is 248 g/mol. The summed E-state index contributed by atoms with van der Waals surface area (Å²) >= 11 is 0. The Morgan fingerprint density at radius 3 is 2.68 bits per heavy atom. The number of carbonyl (C=O) groups excluding carboxylic acids is 1. The van der Waals surface area contributed by atoms with Crippen molar-refractivity contribution >= 4 is 11.8 Å². The number of primary amides is 1. The summed E-state index contributed by atoms with van der Waals surface area (Å²) in [4.78, 5) is 21.2. The Hall–Kier alpha value is -2.55. The molecule has 0 aliphatic rings. The second-order valence-corrected chi connectivity index (χ2v) is 4.60. The minimum absolute atomic E-state index is 0.100. The van der Waals surface area contributed by atoms with E-state index in [9.17, 15) is 14.9 Å². The highest BCUT2D eigenvalue weighted by Crippen LogP contribution is 2.26. The average Bonchev–Trinajstić information content (AvgIpc) is 2.26. The lowest BCUT2D eigenvalue weighted by Gasteiger charge is -2.23. The van der Waals surface area contributed by atoms with Crippen LogP contribution in [0, 0.1) is 22.5 Å². The molecule has 0 saturated heterocycles. The monoisotopic (exact) mass is 262 g/mol. The van der Waals surface area contributed by atoms with E-state index in [0.29, 0.717) is 11.1 Å². The van der Waals surface area contributed by atoms with Gasteiger partial charge in [-0.2, -0.15) is 0 Å². The molecule has 19 heavy (non-hydrogen) atoms. The molecule has 2 N–H and O–H groups in total. The SMILES string of the molecule is C#Cc1ccc(CC(C)(C)OC(N)=O)c([N+](=O)[O-])c1. The summed E-state index contributed by atoms with van der Waals surface area (Å²) in [5.74, 6) is 2.33. The number of ether oxygens (including phenoxy) is 1. The van der Waals surface area contributed by atoms with E-state index >= 15 is 0 Å². The first-order valence-corrected chi connectivity index (χ1v) is 5.47. The maximum absolute atomic E-state index is 11.0. The number of nitrogens with two attached hydrogens (primary N) is 1. The summed E-state index contributed by atoms with van der Waals surface area (Å²) in [5.41, 5.74) is 4.76. The number of benzene rings is 1. The fraction of sp³-hybridized carbons (Fsp3) is 0.308. The molecule has 0 aliphatic carbocycles. The zero-order chi connectivity index (χ0) is 14.6. The van der Waals surface area contributed by atoms with Gasteiger partial charge in [0.15, 0.2) is 0 Å². The topological polar surface area (TPSA) is 95.5 Å². The third-order valence-electron chi connectivity index (χ3n) is 2.44. The van der Waals surface area contributed by atoms with E-state index in [2.05, 4.69) is 5.92 Å². The Labute approximate surface area is 110 Å². The number of hydrogen-bond acceptors (Lipinski definition) is 4. The first kappa shape index (κ1) is 14.5. The van der Waals surface area contributed by atoms with Crippen molar-refractivity contribution in [3.05, 3.63) is 39.4 Å². The van der Waals surface area contributed by atoms with Crippen molar-refractivity contribution in [2.24, 2.45) is 5.73 Å². The van der Waals surface area contributed by atoms with Crippen LogP contribution in [0.3, 0.4) is 0 Å². The number of nitrogens with zero attached hydrogens (tertiary/aromatic N) is 1. The fourth-order valence-corrected chi connectivity index (χ4v) is 1.74. The predicted octanol–water partition coefficient (Wildman–Crippen LogP) is 1.99. The normalized spacial score (nSPS) is 10.6. The number of carbonyl (C=O) groups is 1. The van der Waals surface area contributed by atoms with E-state index in [4.69, 9.17) is 16.9 Å². The van der Waals surface area contributed by atoms with E-state index in [1.54, 1.807) is 26.0 Å². The number of nitro groups is 1. The molecule has 1 amide bonds. The maximum Gasteiger partial charge on any atom is 0.405 e. The molecule has 6 heteroatoms. The van der Waals surface area contributed by atoms with Gasteiger partial charge in [0, 0.05) is 23.6 Å². The van der Waals surface area contributed by atoms with Crippen LogP contribution in [0.2, 0.25) is 0 Å². The molecule has 0 unspecified atom stereocenters. The zero-order valence-electron chi connectivity index (χ0n) is 10.7. The Balaban J connectivity index is 3.11. The first-order chi connectivity index (χ1) is 8.75. The second-order valence-electron chi connectivity index (χ2n) is 4.60. The molecular formula is C13H14N2O4. The largest absolute Gasteiger partial charge is 0.443 e. The first-order valence-electron chi connectivity index (χ1n) is 5.47. The minimum atomic E-state index is -0.936. The Morgan fingerprint density at radius 1 is 1.58 bits per heavy atom. The maximum atomic E-state index is 11.0. The molecule has 0 radical (unpaired) electrons. The van der Waals surface area contributed by atoms with E-state index < -0.39 is 16.6 Å². The third kappa shape index (κ3) is 4.00. The fourth-order valence-electron chi connectivity index (χ4n) is 1.74. The van der Waals surface area contributed by atoms with E-state index in [0.717, 1.165) is 0 Å². The van der Waals surface area contributed by atoms with Crippen molar-refractivity contribution in [3.63, 3.8) is 0 Å². The van der Waals surface area contributed by atoms with Crippen molar-refractivity contribution in [1.29, 1.82) is 0 Å². The number of amides is 1. The summed E-state index contributed by atoms with van der Waals surface area (Å²) in [6, 6.07) is 4.47. The Bertz CT molecular complexity index is 558. The summed E-state index contributed by atoms with van der Waals surface area (Å²) in [5, 5.41) is 11.0. The van der Waals surface area contributed by atoms with Gasteiger partial charge in [0.2, 0.25) is 0 Å². The molecule has 100 valence electrons. The van der Waals surface area contributed by atoms with Crippen molar-refractivity contribution < 1.29 is 14.5 Å². The number of nitro benzene ring substituents is 1. The summed E-state index contributed by atoms with van der Waals surface area (Å²) in [7, 11) is 0. The van der Waals surface area contributed by atoms with E-state index in [1.807, 2.05) is 0 Å². The highest BCUT2D eigenvalue weighted by Gasteiger charge is 2.26. The molecule has 0 aromatic heterocycles.